The largest absolute Gasteiger partial charge is 0.486 e. The summed E-state index contributed by atoms with van der Waals surface area (Å²) >= 11 is 12.1. The molecular weight excluding hydrogens is 487 g/mol. The summed E-state index contributed by atoms with van der Waals surface area (Å²) in [5.41, 5.74) is 1.38. The number of sulfonamides is 1. The zero-order chi connectivity index (χ0) is 23.6. The third kappa shape index (κ3) is 5.74. The van der Waals surface area contributed by atoms with Crippen LogP contribution in [0.15, 0.2) is 36.4 Å². The molecule has 2 heterocycles. The molecule has 1 N–H and O–H groups in total. The molecule has 2 aliphatic rings. The minimum absolute atomic E-state index is 0.146. The van der Waals surface area contributed by atoms with Crippen molar-refractivity contribution in [3.63, 3.8) is 0 Å². The van der Waals surface area contributed by atoms with Gasteiger partial charge >= 0.3 is 0 Å². The van der Waals surface area contributed by atoms with Crippen LogP contribution in [-0.4, -0.2) is 44.9 Å². The Hall–Kier alpha value is -2.00. The van der Waals surface area contributed by atoms with E-state index in [2.05, 4.69) is 5.32 Å². The van der Waals surface area contributed by atoms with Crippen molar-refractivity contribution in [3.05, 3.63) is 57.6 Å². The number of hydrogen-bond donors (Lipinski definition) is 1. The molecule has 1 amide bonds. The summed E-state index contributed by atoms with van der Waals surface area (Å²) < 4.78 is 38.6. The van der Waals surface area contributed by atoms with Gasteiger partial charge in [0, 0.05) is 23.1 Å². The van der Waals surface area contributed by atoms with Crippen LogP contribution >= 0.6 is 23.2 Å². The lowest BCUT2D eigenvalue weighted by Gasteiger charge is -2.32. The highest BCUT2D eigenvalue weighted by molar-refractivity contribution is 7.88. The molecule has 2 aliphatic heterocycles. The quantitative estimate of drug-likeness (QED) is 0.627. The van der Waals surface area contributed by atoms with Crippen molar-refractivity contribution in [2.24, 2.45) is 5.92 Å². The number of halogens is 2. The first-order valence-corrected chi connectivity index (χ1v) is 13.2. The van der Waals surface area contributed by atoms with E-state index < -0.39 is 15.9 Å². The molecular formula is C23H26Cl2N2O5S. The van der Waals surface area contributed by atoms with Crippen molar-refractivity contribution in [1.29, 1.82) is 0 Å². The zero-order valence-electron chi connectivity index (χ0n) is 18.2. The lowest BCUT2D eigenvalue weighted by atomic mass is 9.97. The molecule has 7 nitrogen and oxygen atoms in total. The predicted octanol–water partition coefficient (Wildman–Crippen LogP) is 4.18. The average Bonchev–Trinajstić information content (AvgIpc) is 2.80. The molecule has 4 rings (SSSR count). The van der Waals surface area contributed by atoms with Crippen LogP contribution in [-0.2, 0) is 20.6 Å². The normalized spacial score (nSPS) is 19.7. The topological polar surface area (TPSA) is 84.9 Å². The van der Waals surface area contributed by atoms with Crippen LogP contribution in [0.2, 0.25) is 10.0 Å². The molecule has 178 valence electrons. The number of fused-ring (bicyclic) bond motifs is 1. The maximum atomic E-state index is 13.0. The average molecular weight is 513 g/mol. The van der Waals surface area contributed by atoms with Gasteiger partial charge < -0.3 is 14.8 Å². The second kappa shape index (κ2) is 10.1. The van der Waals surface area contributed by atoms with Gasteiger partial charge in [0.1, 0.15) is 13.2 Å². The van der Waals surface area contributed by atoms with E-state index in [1.54, 1.807) is 12.1 Å². The molecule has 0 spiro atoms. The Morgan fingerprint density at radius 3 is 2.67 bits per heavy atom. The zero-order valence-corrected chi connectivity index (χ0v) is 20.5. The lowest BCUT2D eigenvalue weighted by Crippen LogP contribution is -2.46. The summed E-state index contributed by atoms with van der Waals surface area (Å²) in [7, 11) is -3.63. The van der Waals surface area contributed by atoms with Gasteiger partial charge in [0.05, 0.1) is 17.7 Å². The van der Waals surface area contributed by atoms with Crippen molar-refractivity contribution in [2.75, 3.05) is 26.3 Å². The Balaban J connectivity index is 1.39. The highest BCUT2D eigenvalue weighted by Crippen LogP contribution is 2.33. The third-order valence-electron chi connectivity index (χ3n) is 5.93. The van der Waals surface area contributed by atoms with Gasteiger partial charge in [0.25, 0.3) is 0 Å². The molecule has 2 aromatic rings. The van der Waals surface area contributed by atoms with E-state index in [1.807, 2.05) is 25.1 Å². The molecule has 0 bridgehead atoms. The molecule has 10 heteroatoms. The number of piperidine rings is 1. The fourth-order valence-corrected chi connectivity index (χ4v) is 6.28. The molecule has 33 heavy (non-hydrogen) atoms. The van der Waals surface area contributed by atoms with Crippen LogP contribution < -0.4 is 14.8 Å². The Bertz CT molecular complexity index is 1140. The van der Waals surface area contributed by atoms with Crippen molar-refractivity contribution in [2.45, 2.75) is 31.6 Å². The Morgan fingerprint density at radius 1 is 1.15 bits per heavy atom. The SMILES string of the molecule is C[C@H](NC(=O)[C@H]1CCCN(S(=O)(=O)Cc2ccc(Cl)cc2Cl)C1)c1ccc2c(c1)OCCO2. The fourth-order valence-electron chi connectivity index (χ4n) is 4.08. The van der Waals surface area contributed by atoms with Gasteiger partial charge in [-0.25, -0.2) is 12.7 Å². The summed E-state index contributed by atoms with van der Waals surface area (Å²) in [4.78, 5) is 13.0. The fraction of sp³-hybridized carbons (Fsp3) is 0.435. The van der Waals surface area contributed by atoms with E-state index in [4.69, 9.17) is 32.7 Å². The van der Waals surface area contributed by atoms with Crippen LogP contribution in [0.25, 0.3) is 0 Å². The van der Waals surface area contributed by atoms with E-state index in [1.165, 1.54) is 10.4 Å². The molecule has 1 fully saturated rings. The number of carbonyl (C=O) groups excluding carboxylic acids is 1. The van der Waals surface area contributed by atoms with Crippen LogP contribution in [0.5, 0.6) is 11.5 Å². The van der Waals surface area contributed by atoms with Crippen molar-refractivity contribution < 1.29 is 22.7 Å². The Kier molecular flexibility index (Phi) is 7.38. The smallest absolute Gasteiger partial charge is 0.224 e. The van der Waals surface area contributed by atoms with E-state index >= 15 is 0 Å². The minimum atomic E-state index is -3.63. The van der Waals surface area contributed by atoms with Crippen LogP contribution in [0.3, 0.4) is 0 Å². The summed E-state index contributed by atoms with van der Waals surface area (Å²) in [6, 6.07) is 10.1. The number of nitrogens with one attached hydrogen (secondary N) is 1. The standard InChI is InChI=1S/C23H26Cl2N2O5S/c1-15(16-5-7-21-22(11-16)32-10-9-31-21)26-23(28)17-3-2-8-27(13-17)33(29,30)14-18-4-6-19(24)12-20(18)25/h4-7,11-12,15,17H,2-3,8-10,13-14H2,1H3,(H,26,28)/t15-,17-/m0/s1. The van der Waals surface area contributed by atoms with Gasteiger partial charge in [-0.2, -0.15) is 0 Å². The first-order valence-electron chi connectivity index (χ1n) is 10.8. The van der Waals surface area contributed by atoms with Gasteiger partial charge in [-0.3, -0.25) is 4.79 Å². The van der Waals surface area contributed by atoms with Gasteiger partial charge in [0.2, 0.25) is 15.9 Å². The Labute approximate surface area is 204 Å². The number of amides is 1. The highest BCUT2D eigenvalue weighted by Gasteiger charge is 2.33. The van der Waals surface area contributed by atoms with Crippen molar-refractivity contribution >= 4 is 39.1 Å². The first-order chi connectivity index (χ1) is 15.7. The molecule has 0 radical (unpaired) electrons. The van der Waals surface area contributed by atoms with Gasteiger partial charge in [0.15, 0.2) is 11.5 Å². The predicted molar refractivity (Wildman–Crippen MR) is 127 cm³/mol. The van der Waals surface area contributed by atoms with Gasteiger partial charge in [-0.15, -0.1) is 0 Å². The van der Waals surface area contributed by atoms with Gasteiger partial charge in [-0.1, -0.05) is 35.3 Å². The molecule has 2 aromatic carbocycles. The van der Waals surface area contributed by atoms with E-state index in [0.29, 0.717) is 59.7 Å². The summed E-state index contributed by atoms with van der Waals surface area (Å²) in [5, 5.41) is 3.78. The Morgan fingerprint density at radius 2 is 1.91 bits per heavy atom. The number of ether oxygens (including phenoxy) is 2. The second-order valence-electron chi connectivity index (χ2n) is 8.32. The highest BCUT2D eigenvalue weighted by atomic mass is 35.5. The van der Waals surface area contributed by atoms with Crippen molar-refractivity contribution in [1.82, 2.24) is 9.62 Å². The monoisotopic (exact) mass is 512 g/mol. The van der Waals surface area contributed by atoms with Crippen molar-refractivity contribution in [3.8, 4) is 11.5 Å². The number of carbonyl (C=O) groups is 1. The lowest BCUT2D eigenvalue weighted by molar-refractivity contribution is -0.126. The van der Waals surface area contributed by atoms with E-state index in [9.17, 15) is 13.2 Å². The minimum Gasteiger partial charge on any atom is -0.486 e. The number of nitrogens with zero attached hydrogens (tertiary/aromatic N) is 1. The molecule has 2 atom stereocenters. The number of rotatable bonds is 6. The number of hydrogen-bond acceptors (Lipinski definition) is 5. The maximum Gasteiger partial charge on any atom is 0.224 e. The maximum absolute atomic E-state index is 13.0. The summed E-state index contributed by atoms with van der Waals surface area (Å²) in [6.07, 6.45) is 1.25. The second-order valence-corrected chi connectivity index (χ2v) is 11.1. The van der Waals surface area contributed by atoms with E-state index in [0.717, 1.165) is 5.56 Å². The van der Waals surface area contributed by atoms with Crippen LogP contribution in [0.1, 0.15) is 36.9 Å². The summed E-state index contributed by atoms with van der Waals surface area (Å²) in [6.45, 7) is 3.43. The molecule has 1 saturated heterocycles. The van der Waals surface area contributed by atoms with Gasteiger partial charge in [-0.05, 0) is 55.2 Å². The molecule has 0 saturated carbocycles. The first kappa shape index (κ1) is 24.1. The van der Waals surface area contributed by atoms with Crippen LogP contribution in [0.4, 0.5) is 0 Å². The molecule has 0 aliphatic carbocycles. The number of benzene rings is 2. The summed E-state index contributed by atoms with van der Waals surface area (Å²) in [5.74, 6) is 0.536. The molecule has 0 aromatic heterocycles. The molecule has 0 unspecified atom stereocenters. The van der Waals surface area contributed by atoms with E-state index in [-0.39, 0.29) is 24.2 Å². The van der Waals surface area contributed by atoms with Crippen LogP contribution in [0, 0.1) is 5.92 Å². The third-order valence-corrected chi connectivity index (χ3v) is 8.31.